The predicted octanol–water partition coefficient (Wildman–Crippen LogP) is 2.97. The van der Waals surface area contributed by atoms with Crippen molar-refractivity contribution in [3.8, 4) is 5.75 Å². The molecule has 112 valence electrons. The number of nitrogens with one attached hydrogen (secondary N) is 1. The highest BCUT2D eigenvalue weighted by atomic mass is 16.3. The summed E-state index contributed by atoms with van der Waals surface area (Å²) in [5.41, 5.74) is 3.18. The zero-order valence-corrected chi connectivity index (χ0v) is 13.1. The largest absolute Gasteiger partial charge is 0.507 e. The molecule has 3 nitrogen and oxygen atoms in total. The van der Waals surface area contributed by atoms with Gasteiger partial charge in [0.25, 0.3) is 0 Å². The number of benzene rings is 1. The van der Waals surface area contributed by atoms with Crippen molar-refractivity contribution in [1.82, 2.24) is 10.2 Å². The Morgan fingerprint density at radius 2 is 1.75 bits per heavy atom. The number of nitrogens with zero attached hydrogens (tertiary/aromatic N) is 1. The van der Waals surface area contributed by atoms with E-state index in [1.807, 2.05) is 13.8 Å². The van der Waals surface area contributed by atoms with Crippen LogP contribution in [0.5, 0.6) is 5.75 Å². The van der Waals surface area contributed by atoms with Crippen LogP contribution in [0, 0.1) is 13.8 Å². The molecule has 0 aliphatic carbocycles. The van der Waals surface area contributed by atoms with Crippen LogP contribution in [0.4, 0.5) is 0 Å². The Bertz CT molecular complexity index is 416. The molecule has 2 rings (SSSR count). The highest BCUT2D eigenvalue weighted by Crippen LogP contribution is 2.22. The van der Waals surface area contributed by atoms with Crippen LogP contribution in [-0.4, -0.2) is 35.7 Å². The number of hydrogen-bond acceptors (Lipinski definition) is 3. The minimum Gasteiger partial charge on any atom is -0.507 e. The van der Waals surface area contributed by atoms with Crippen molar-refractivity contribution >= 4 is 0 Å². The number of piperidine rings is 1. The summed E-state index contributed by atoms with van der Waals surface area (Å²) in [5.74, 6) is 0.426. The average molecular weight is 276 g/mol. The quantitative estimate of drug-likeness (QED) is 0.868. The molecular formula is C17H28N2O. The van der Waals surface area contributed by atoms with Crippen LogP contribution in [0.25, 0.3) is 0 Å². The lowest BCUT2D eigenvalue weighted by atomic mass is 10.1. The van der Waals surface area contributed by atoms with Crippen LogP contribution in [0.3, 0.4) is 0 Å². The highest BCUT2D eigenvalue weighted by molar-refractivity contribution is 5.42. The van der Waals surface area contributed by atoms with Crippen LogP contribution in [0.1, 0.15) is 42.9 Å². The van der Waals surface area contributed by atoms with Crippen molar-refractivity contribution in [2.45, 2.75) is 52.6 Å². The fourth-order valence-electron chi connectivity index (χ4n) is 3.03. The monoisotopic (exact) mass is 276 g/mol. The molecule has 0 aromatic heterocycles. The van der Waals surface area contributed by atoms with Crippen molar-refractivity contribution < 1.29 is 5.11 Å². The van der Waals surface area contributed by atoms with Gasteiger partial charge in [-0.15, -0.1) is 0 Å². The summed E-state index contributed by atoms with van der Waals surface area (Å²) in [6, 6.07) is 4.65. The van der Waals surface area contributed by atoms with Crippen LogP contribution in [-0.2, 0) is 6.54 Å². The number of aryl methyl sites for hydroxylation is 2. The van der Waals surface area contributed by atoms with Gasteiger partial charge < -0.3 is 15.3 Å². The summed E-state index contributed by atoms with van der Waals surface area (Å²) in [6.07, 6.45) is 4.09. The first kappa shape index (κ1) is 15.3. The Morgan fingerprint density at radius 3 is 2.35 bits per heavy atom. The molecule has 1 aliphatic heterocycles. The molecule has 1 aliphatic rings. The van der Waals surface area contributed by atoms with Gasteiger partial charge in [0, 0.05) is 19.1 Å². The van der Waals surface area contributed by atoms with Gasteiger partial charge in [0.1, 0.15) is 5.75 Å². The van der Waals surface area contributed by atoms with Gasteiger partial charge in [0.2, 0.25) is 0 Å². The fourth-order valence-corrected chi connectivity index (χ4v) is 3.03. The molecule has 1 aromatic rings. The molecule has 0 saturated carbocycles. The second-order valence-corrected chi connectivity index (χ2v) is 6.22. The molecule has 1 saturated heterocycles. The second kappa shape index (κ2) is 7.09. The van der Waals surface area contributed by atoms with E-state index in [1.54, 1.807) is 0 Å². The van der Waals surface area contributed by atoms with Crippen molar-refractivity contribution in [1.29, 1.82) is 0 Å². The van der Waals surface area contributed by atoms with Crippen molar-refractivity contribution in [2.75, 3.05) is 19.6 Å². The van der Waals surface area contributed by atoms with E-state index >= 15 is 0 Å². The van der Waals surface area contributed by atoms with Gasteiger partial charge in [-0.3, -0.25) is 0 Å². The van der Waals surface area contributed by atoms with E-state index in [0.29, 0.717) is 11.8 Å². The smallest absolute Gasteiger partial charge is 0.121 e. The Balaban J connectivity index is 1.82. The van der Waals surface area contributed by atoms with Gasteiger partial charge in [-0.25, -0.2) is 0 Å². The molecule has 0 bridgehead atoms. The summed E-state index contributed by atoms with van der Waals surface area (Å²) in [7, 11) is 0. The van der Waals surface area contributed by atoms with Crippen LogP contribution >= 0.6 is 0 Å². The lowest BCUT2D eigenvalue weighted by Gasteiger charge is -2.29. The number of phenolic OH excluding ortho intramolecular Hbond substituents is 1. The van der Waals surface area contributed by atoms with Gasteiger partial charge in [-0.2, -0.15) is 0 Å². The summed E-state index contributed by atoms with van der Waals surface area (Å²) in [6.45, 7) is 10.7. The highest BCUT2D eigenvalue weighted by Gasteiger charge is 2.13. The number of likely N-dealkylation sites (tertiary alicyclic amines) is 1. The summed E-state index contributed by atoms with van der Waals surface area (Å²) in [5, 5.41) is 13.4. The topological polar surface area (TPSA) is 35.5 Å². The minimum atomic E-state index is 0.426. The molecule has 1 fully saturated rings. The first-order chi connectivity index (χ1) is 9.56. The zero-order valence-electron chi connectivity index (χ0n) is 13.1. The van der Waals surface area contributed by atoms with E-state index in [-0.39, 0.29) is 0 Å². The van der Waals surface area contributed by atoms with Gasteiger partial charge >= 0.3 is 0 Å². The van der Waals surface area contributed by atoms with E-state index < -0.39 is 0 Å². The summed E-state index contributed by atoms with van der Waals surface area (Å²) < 4.78 is 0. The van der Waals surface area contributed by atoms with Gasteiger partial charge in [-0.05, 0) is 63.4 Å². The van der Waals surface area contributed by atoms with Gasteiger partial charge in [0.05, 0.1) is 0 Å². The van der Waals surface area contributed by atoms with Gasteiger partial charge in [0.15, 0.2) is 0 Å². The summed E-state index contributed by atoms with van der Waals surface area (Å²) in [4.78, 5) is 2.56. The van der Waals surface area contributed by atoms with Crippen molar-refractivity contribution in [2.24, 2.45) is 0 Å². The zero-order chi connectivity index (χ0) is 14.5. The van der Waals surface area contributed by atoms with Crippen molar-refractivity contribution in [3.63, 3.8) is 0 Å². The number of hydrogen-bond donors (Lipinski definition) is 2. The summed E-state index contributed by atoms with van der Waals surface area (Å²) >= 11 is 0. The Hall–Kier alpha value is -1.06. The van der Waals surface area contributed by atoms with Crippen LogP contribution < -0.4 is 5.32 Å². The number of aromatic hydroxyl groups is 1. The molecule has 2 N–H and O–H groups in total. The second-order valence-electron chi connectivity index (χ2n) is 6.22. The number of phenols is 1. The lowest BCUT2D eigenvalue weighted by molar-refractivity contribution is 0.209. The molecule has 20 heavy (non-hydrogen) atoms. The van der Waals surface area contributed by atoms with Gasteiger partial charge in [-0.1, -0.05) is 18.6 Å². The maximum atomic E-state index is 9.80. The molecule has 1 unspecified atom stereocenters. The Morgan fingerprint density at radius 1 is 1.15 bits per heavy atom. The molecule has 3 heteroatoms. The maximum Gasteiger partial charge on any atom is 0.121 e. The van der Waals surface area contributed by atoms with Crippen molar-refractivity contribution in [3.05, 3.63) is 28.8 Å². The van der Waals surface area contributed by atoms with E-state index in [2.05, 4.69) is 29.3 Å². The average Bonchev–Trinajstić information content (AvgIpc) is 2.43. The van der Waals surface area contributed by atoms with E-state index in [4.69, 9.17) is 0 Å². The molecule has 1 aromatic carbocycles. The molecule has 0 radical (unpaired) electrons. The molecule has 1 heterocycles. The lowest BCUT2D eigenvalue weighted by Crippen LogP contribution is -2.41. The third-order valence-electron chi connectivity index (χ3n) is 4.19. The Labute approximate surface area is 123 Å². The van der Waals surface area contributed by atoms with Crippen LogP contribution in [0.15, 0.2) is 12.1 Å². The molecule has 0 amide bonds. The van der Waals surface area contributed by atoms with E-state index in [9.17, 15) is 5.11 Å². The first-order valence-electron chi connectivity index (χ1n) is 7.81. The first-order valence-corrected chi connectivity index (χ1v) is 7.81. The standard InChI is InChI=1S/C17H28N2O/c1-13-9-16(10-14(2)17(13)20)11-18-15(3)12-19-7-5-4-6-8-19/h9-10,15,18,20H,4-8,11-12H2,1-3H3. The normalized spacial score (nSPS) is 18.1. The fraction of sp³-hybridized carbons (Fsp3) is 0.647. The molecular weight excluding hydrogens is 248 g/mol. The predicted molar refractivity (Wildman–Crippen MR) is 84.2 cm³/mol. The molecule has 0 spiro atoms. The SMILES string of the molecule is Cc1cc(CNC(C)CN2CCCCC2)cc(C)c1O. The third kappa shape index (κ3) is 4.22. The van der Waals surface area contributed by atoms with E-state index in [1.165, 1.54) is 37.9 Å². The Kier molecular flexibility index (Phi) is 5.44. The maximum absolute atomic E-state index is 9.80. The minimum absolute atomic E-state index is 0.426. The van der Waals surface area contributed by atoms with E-state index in [0.717, 1.165) is 24.2 Å². The number of rotatable bonds is 5. The molecule has 1 atom stereocenters. The third-order valence-corrected chi connectivity index (χ3v) is 4.19. The van der Waals surface area contributed by atoms with Crippen LogP contribution in [0.2, 0.25) is 0 Å².